The highest BCUT2D eigenvalue weighted by Crippen LogP contribution is 2.28. The summed E-state index contributed by atoms with van der Waals surface area (Å²) in [5.41, 5.74) is 1.29. The molecule has 0 spiro atoms. The van der Waals surface area contributed by atoms with Gasteiger partial charge in [0.1, 0.15) is 11.9 Å². The smallest absolute Gasteiger partial charge is 0.123 e. The number of hydrogen-bond donors (Lipinski definition) is 0. The molecule has 1 aromatic carbocycles. The topological polar surface area (TPSA) is 9.23 Å². The maximum atomic E-state index is 5.54. The zero-order valence-electron chi connectivity index (χ0n) is 6.29. The van der Waals surface area contributed by atoms with Gasteiger partial charge in [-0.25, -0.2) is 0 Å². The van der Waals surface area contributed by atoms with Crippen LogP contribution in [0.4, 0.5) is 0 Å². The lowest BCUT2D eigenvalue weighted by Gasteiger charge is -2.02. The Hall–Kier alpha value is -1.24. The first-order valence-electron chi connectivity index (χ1n) is 3.77. The van der Waals surface area contributed by atoms with Crippen LogP contribution in [0.1, 0.15) is 5.56 Å². The van der Waals surface area contributed by atoms with Gasteiger partial charge in [0.15, 0.2) is 0 Å². The zero-order valence-corrected chi connectivity index (χ0v) is 6.29. The van der Waals surface area contributed by atoms with Gasteiger partial charge >= 0.3 is 0 Å². The minimum absolute atomic E-state index is 0.187. The molecule has 0 saturated heterocycles. The number of rotatable bonds is 1. The van der Waals surface area contributed by atoms with Crippen molar-refractivity contribution in [2.45, 2.75) is 12.5 Å². The van der Waals surface area contributed by atoms with Gasteiger partial charge in [0.25, 0.3) is 0 Å². The maximum absolute atomic E-state index is 5.54. The Kier molecular flexibility index (Phi) is 1.42. The first-order valence-corrected chi connectivity index (χ1v) is 3.77. The average molecular weight is 146 g/mol. The molecule has 0 radical (unpaired) electrons. The molecule has 0 bridgehead atoms. The number of para-hydroxylation sites is 1. The molecule has 1 nitrogen and oxygen atoms in total. The van der Waals surface area contributed by atoms with Crippen LogP contribution in [0.15, 0.2) is 36.9 Å². The SMILES string of the molecule is C=C[C@H]1Cc2ccccc2O1. The molecule has 0 fully saturated rings. The lowest BCUT2D eigenvalue weighted by atomic mass is 10.1. The van der Waals surface area contributed by atoms with Gasteiger partial charge in [0.2, 0.25) is 0 Å². The van der Waals surface area contributed by atoms with Crippen molar-refractivity contribution in [1.82, 2.24) is 0 Å². The van der Waals surface area contributed by atoms with Crippen LogP contribution in [0.3, 0.4) is 0 Å². The Balaban J connectivity index is 2.33. The Morgan fingerprint density at radius 3 is 3.00 bits per heavy atom. The predicted molar refractivity (Wildman–Crippen MR) is 44.8 cm³/mol. The normalized spacial score (nSPS) is 20.5. The highest BCUT2D eigenvalue weighted by molar-refractivity contribution is 5.38. The second-order valence-corrected chi connectivity index (χ2v) is 2.70. The van der Waals surface area contributed by atoms with Gasteiger partial charge in [-0.3, -0.25) is 0 Å². The number of hydrogen-bond acceptors (Lipinski definition) is 1. The van der Waals surface area contributed by atoms with Crippen LogP contribution in [-0.4, -0.2) is 6.10 Å². The van der Waals surface area contributed by atoms with Crippen molar-refractivity contribution in [2.24, 2.45) is 0 Å². The molecule has 1 atom stereocenters. The van der Waals surface area contributed by atoms with E-state index in [1.165, 1.54) is 5.56 Å². The molecule has 0 aromatic heterocycles. The summed E-state index contributed by atoms with van der Waals surface area (Å²) in [6.07, 6.45) is 3.01. The van der Waals surface area contributed by atoms with Gasteiger partial charge < -0.3 is 4.74 Å². The van der Waals surface area contributed by atoms with E-state index >= 15 is 0 Å². The van der Waals surface area contributed by atoms with Crippen LogP contribution in [0.2, 0.25) is 0 Å². The molecular formula is C10H10O. The predicted octanol–water partition coefficient (Wildman–Crippen LogP) is 2.18. The maximum Gasteiger partial charge on any atom is 0.123 e. The van der Waals surface area contributed by atoms with E-state index in [4.69, 9.17) is 4.74 Å². The van der Waals surface area contributed by atoms with E-state index in [0.717, 1.165) is 12.2 Å². The second-order valence-electron chi connectivity index (χ2n) is 2.70. The molecule has 0 amide bonds. The van der Waals surface area contributed by atoms with E-state index in [1.54, 1.807) is 0 Å². The molecule has 11 heavy (non-hydrogen) atoms. The molecule has 1 heterocycles. The summed E-state index contributed by atoms with van der Waals surface area (Å²) in [5, 5.41) is 0. The molecule has 56 valence electrons. The second kappa shape index (κ2) is 2.42. The van der Waals surface area contributed by atoms with E-state index in [0.29, 0.717) is 0 Å². The summed E-state index contributed by atoms with van der Waals surface area (Å²) in [6, 6.07) is 8.12. The summed E-state index contributed by atoms with van der Waals surface area (Å²) in [4.78, 5) is 0. The highest BCUT2D eigenvalue weighted by atomic mass is 16.5. The third kappa shape index (κ3) is 1.03. The quantitative estimate of drug-likeness (QED) is 0.552. The third-order valence-electron chi connectivity index (χ3n) is 1.93. The van der Waals surface area contributed by atoms with E-state index in [1.807, 2.05) is 24.3 Å². The van der Waals surface area contributed by atoms with Gasteiger partial charge in [-0.1, -0.05) is 30.9 Å². The van der Waals surface area contributed by atoms with Crippen molar-refractivity contribution in [2.75, 3.05) is 0 Å². The van der Waals surface area contributed by atoms with Gasteiger partial charge in [-0.2, -0.15) is 0 Å². The van der Waals surface area contributed by atoms with E-state index < -0.39 is 0 Å². The summed E-state index contributed by atoms with van der Waals surface area (Å²) < 4.78 is 5.54. The van der Waals surface area contributed by atoms with Gasteiger partial charge in [-0.15, -0.1) is 0 Å². The van der Waals surface area contributed by atoms with Gasteiger partial charge in [0.05, 0.1) is 0 Å². The summed E-state index contributed by atoms with van der Waals surface area (Å²) in [6.45, 7) is 3.70. The number of ether oxygens (including phenoxy) is 1. The van der Waals surface area contributed by atoms with Gasteiger partial charge in [-0.05, 0) is 11.6 Å². The van der Waals surface area contributed by atoms with Crippen LogP contribution in [0.5, 0.6) is 5.75 Å². The molecule has 1 aromatic rings. The van der Waals surface area contributed by atoms with Crippen LogP contribution in [-0.2, 0) is 6.42 Å². The minimum atomic E-state index is 0.187. The van der Waals surface area contributed by atoms with E-state index in [-0.39, 0.29) is 6.10 Å². The lowest BCUT2D eigenvalue weighted by molar-refractivity contribution is 0.284. The van der Waals surface area contributed by atoms with Crippen LogP contribution >= 0.6 is 0 Å². The van der Waals surface area contributed by atoms with E-state index in [9.17, 15) is 0 Å². The molecule has 0 saturated carbocycles. The van der Waals surface area contributed by atoms with Crippen molar-refractivity contribution >= 4 is 0 Å². The van der Waals surface area contributed by atoms with Crippen molar-refractivity contribution < 1.29 is 4.74 Å². The fourth-order valence-corrected chi connectivity index (χ4v) is 1.34. The Morgan fingerprint density at radius 1 is 1.45 bits per heavy atom. The number of benzene rings is 1. The first kappa shape index (κ1) is 6.47. The molecule has 0 N–H and O–H groups in total. The summed E-state index contributed by atoms with van der Waals surface area (Å²) >= 11 is 0. The molecule has 1 aliphatic heterocycles. The highest BCUT2D eigenvalue weighted by Gasteiger charge is 2.18. The zero-order chi connectivity index (χ0) is 7.68. The van der Waals surface area contributed by atoms with Crippen molar-refractivity contribution in [1.29, 1.82) is 0 Å². The van der Waals surface area contributed by atoms with Crippen LogP contribution in [0, 0.1) is 0 Å². The fraction of sp³-hybridized carbons (Fsp3) is 0.200. The lowest BCUT2D eigenvalue weighted by Crippen LogP contribution is -2.07. The summed E-state index contributed by atoms with van der Waals surface area (Å²) in [5.74, 6) is 1.01. The number of fused-ring (bicyclic) bond motifs is 1. The van der Waals surface area contributed by atoms with Crippen molar-refractivity contribution in [3.05, 3.63) is 42.5 Å². The average Bonchev–Trinajstić information content (AvgIpc) is 2.46. The van der Waals surface area contributed by atoms with Crippen LogP contribution < -0.4 is 4.74 Å². The Labute approximate surface area is 66.3 Å². The van der Waals surface area contributed by atoms with Crippen molar-refractivity contribution in [3.63, 3.8) is 0 Å². The minimum Gasteiger partial charge on any atom is -0.486 e. The largest absolute Gasteiger partial charge is 0.486 e. The van der Waals surface area contributed by atoms with Crippen molar-refractivity contribution in [3.8, 4) is 5.75 Å². The molecule has 0 aliphatic carbocycles. The fourth-order valence-electron chi connectivity index (χ4n) is 1.34. The molecule has 1 heteroatoms. The molecular weight excluding hydrogens is 136 g/mol. The monoisotopic (exact) mass is 146 g/mol. The summed E-state index contributed by atoms with van der Waals surface area (Å²) in [7, 11) is 0. The van der Waals surface area contributed by atoms with E-state index in [2.05, 4.69) is 12.6 Å². The Morgan fingerprint density at radius 2 is 2.27 bits per heavy atom. The third-order valence-corrected chi connectivity index (χ3v) is 1.93. The molecule has 0 unspecified atom stereocenters. The molecule has 2 rings (SSSR count). The Bertz CT molecular complexity index is 253. The first-order chi connectivity index (χ1) is 5.40. The van der Waals surface area contributed by atoms with Gasteiger partial charge in [0, 0.05) is 6.42 Å². The standard InChI is InChI=1S/C10H10O/c1-2-9-7-8-5-3-4-6-10(8)11-9/h2-6,9H,1,7H2/t9-/m0/s1. The van der Waals surface area contributed by atoms with Crippen LogP contribution in [0.25, 0.3) is 0 Å². The molecule has 1 aliphatic rings.